The zero-order chi connectivity index (χ0) is 16.2. The van der Waals surface area contributed by atoms with Crippen LogP contribution in [-0.4, -0.2) is 31.4 Å². The maximum Gasteiger partial charge on any atom is 0.225 e. The molecule has 6 nitrogen and oxygen atoms in total. The van der Waals surface area contributed by atoms with Crippen molar-refractivity contribution in [2.75, 3.05) is 25.1 Å². The van der Waals surface area contributed by atoms with Gasteiger partial charge in [0.2, 0.25) is 5.91 Å². The predicted molar refractivity (Wildman–Crippen MR) is 81.3 cm³/mol. The summed E-state index contributed by atoms with van der Waals surface area (Å²) in [6, 6.07) is 6.92. The molecule has 0 bridgehead atoms. The number of nitrogens with two attached hydrogens (primary N) is 1. The number of anilines is 1. The summed E-state index contributed by atoms with van der Waals surface area (Å²) in [7, 11) is 0. The van der Waals surface area contributed by atoms with Gasteiger partial charge in [-0.25, -0.2) is 0 Å². The number of hydrogen-bond acceptors (Lipinski definition) is 5. The van der Waals surface area contributed by atoms with Gasteiger partial charge in [-0.1, -0.05) is 0 Å². The second kappa shape index (κ2) is 6.58. The van der Waals surface area contributed by atoms with Gasteiger partial charge in [-0.3, -0.25) is 9.59 Å². The Labute approximate surface area is 129 Å². The Morgan fingerprint density at radius 2 is 2.09 bits per heavy atom. The second-order valence-corrected chi connectivity index (χ2v) is 5.54. The van der Waals surface area contributed by atoms with Crippen molar-refractivity contribution >= 4 is 17.4 Å². The Hall–Kier alpha value is -2.39. The molecule has 0 aliphatic carbocycles. The molecule has 1 aromatic carbocycles. The van der Waals surface area contributed by atoms with Crippen molar-refractivity contribution < 1.29 is 14.3 Å². The molecule has 0 radical (unpaired) electrons. The Kier molecular flexibility index (Phi) is 4.78. The first-order valence-electron chi connectivity index (χ1n) is 7.15. The summed E-state index contributed by atoms with van der Waals surface area (Å²) < 4.78 is 5.29. The number of benzene rings is 1. The minimum absolute atomic E-state index is 0.0804. The van der Waals surface area contributed by atoms with Crippen LogP contribution in [0.2, 0.25) is 0 Å². The molecule has 1 aliphatic heterocycles. The lowest BCUT2D eigenvalue weighted by Crippen LogP contribution is -2.46. The fourth-order valence-electron chi connectivity index (χ4n) is 2.54. The van der Waals surface area contributed by atoms with Crippen molar-refractivity contribution in [2.45, 2.75) is 19.8 Å². The SMILES string of the molecule is CC(=O)c1ccc(C#N)c(NCC2(C(N)=O)CCOCC2)c1. The van der Waals surface area contributed by atoms with E-state index in [0.717, 1.165) is 0 Å². The molecule has 1 aliphatic rings. The van der Waals surface area contributed by atoms with Gasteiger partial charge < -0.3 is 15.8 Å². The first-order chi connectivity index (χ1) is 10.5. The summed E-state index contributed by atoms with van der Waals surface area (Å²) >= 11 is 0. The number of ether oxygens (including phenoxy) is 1. The normalized spacial score (nSPS) is 16.5. The lowest BCUT2D eigenvalue weighted by molar-refractivity contribution is -0.132. The van der Waals surface area contributed by atoms with Crippen LogP contribution in [-0.2, 0) is 9.53 Å². The molecule has 6 heteroatoms. The van der Waals surface area contributed by atoms with Gasteiger partial charge >= 0.3 is 0 Å². The molecule has 2 rings (SSSR count). The molecule has 3 N–H and O–H groups in total. The summed E-state index contributed by atoms with van der Waals surface area (Å²) in [6.45, 7) is 2.77. The van der Waals surface area contributed by atoms with E-state index in [0.29, 0.717) is 49.4 Å². The highest BCUT2D eigenvalue weighted by Gasteiger charge is 2.38. The fraction of sp³-hybridized carbons (Fsp3) is 0.438. The maximum atomic E-state index is 11.8. The first kappa shape index (κ1) is 16.0. The summed E-state index contributed by atoms with van der Waals surface area (Å²) in [6.07, 6.45) is 1.09. The molecule has 1 heterocycles. The predicted octanol–water partition coefficient (Wildman–Crippen LogP) is 1.45. The van der Waals surface area contributed by atoms with Gasteiger partial charge in [-0.15, -0.1) is 0 Å². The van der Waals surface area contributed by atoms with Crippen molar-refractivity contribution in [1.82, 2.24) is 0 Å². The van der Waals surface area contributed by atoms with Crippen LogP contribution in [0.4, 0.5) is 5.69 Å². The van der Waals surface area contributed by atoms with Crippen LogP contribution in [0, 0.1) is 16.7 Å². The topological polar surface area (TPSA) is 105 Å². The largest absolute Gasteiger partial charge is 0.383 e. The second-order valence-electron chi connectivity index (χ2n) is 5.54. The number of ketones is 1. The third-order valence-electron chi connectivity index (χ3n) is 4.14. The van der Waals surface area contributed by atoms with Crippen LogP contribution in [0.3, 0.4) is 0 Å². The van der Waals surface area contributed by atoms with Gasteiger partial charge in [0.1, 0.15) is 6.07 Å². The van der Waals surface area contributed by atoms with Gasteiger partial charge in [-0.2, -0.15) is 5.26 Å². The van der Waals surface area contributed by atoms with E-state index in [2.05, 4.69) is 11.4 Å². The quantitative estimate of drug-likeness (QED) is 0.801. The Morgan fingerprint density at radius 1 is 1.41 bits per heavy atom. The zero-order valence-corrected chi connectivity index (χ0v) is 12.5. The minimum atomic E-state index is -0.683. The molecule has 22 heavy (non-hydrogen) atoms. The number of hydrogen-bond donors (Lipinski definition) is 2. The number of rotatable bonds is 5. The molecule has 1 amide bonds. The van der Waals surface area contributed by atoms with Crippen LogP contribution in [0.1, 0.15) is 35.7 Å². The van der Waals surface area contributed by atoms with Gasteiger partial charge in [-0.05, 0) is 38.0 Å². The van der Waals surface area contributed by atoms with E-state index in [9.17, 15) is 14.9 Å². The monoisotopic (exact) mass is 301 g/mol. The smallest absolute Gasteiger partial charge is 0.225 e. The molecular weight excluding hydrogens is 282 g/mol. The average Bonchev–Trinajstić information content (AvgIpc) is 2.53. The van der Waals surface area contributed by atoms with Crippen LogP contribution in [0.5, 0.6) is 0 Å². The van der Waals surface area contributed by atoms with Crippen molar-refractivity contribution in [3.63, 3.8) is 0 Å². The van der Waals surface area contributed by atoms with Crippen LogP contribution in [0.15, 0.2) is 18.2 Å². The van der Waals surface area contributed by atoms with Gasteiger partial charge in [0, 0.05) is 25.3 Å². The first-order valence-corrected chi connectivity index (χ1v) is 7.15. The highest BCUT2D eigenvalue weighted by molar-refractivity contribution is 5.95. The summed E-state index contributed by atoms with van der Waals surface area (Å²) in [4.78, 5) is 23.3. The van der Waals surface area contributed by atoms with E-state index in [-0.39, 0.29) is 11.7 Å². The lowest BCUT2D eigenvalue weighted by Gasteiger charge is -2.34. The number of nitrogens with zero attached hydrogens (tertiary/aromatic N) is 1. The summed E-state index contributed by atoms with van der Waals surface area (Å²) in [5, 5.41) is 12.3. The summed E-state index contributed by atoms with van der Waals surface area (Å²) in [5.41, 5.74) is 6.36. The van der Waals surface area contributed by atoms with Crippen molar-refractivity contribution in [1.29, 1.82) is 5.26 Å². The van der Waals surface area contributed by atoms with E-state index in [1.807, 2.05) is 0 Å². The number of amides is 1. The fourth-order valence-corrected chi connectivity index (χ4v) is 2.54. The molecule has 116 valence electrons. The number of nitriles is 1. The molecule has 0 saturated carbocycles. The molecule has 0 spiro atoms. The van der Waals surface area contributed by atoms with Gasteiger partial charge in [0.25, 0.3) is 0 Å². The molecule has 1 saturated heterocycles. The highest BCUT2D eigenvalue weighted by atomic mass is 16.5. The number of nitrogens with one attached hydrogen (secondary N) is 1. The van der Waals surface area contributed by atoms with Crippen molar-refractivity contribution in [3.05, 3.63) is 29.3 Å². The molecule has 1 fully saturated rings. The Balaban J connectivity index is 2.22. The third-order valence-corrected chi connectivity index (χ3v) is 4.14. The van der Waals surface area contributed by atoms with Gasteiger partial charge in [0.15, 0.2) is 5.78 Å². The third kappa shape index (κ3) is 3.26. The molecular formula is C16H19N3O3. The van der Waals surface area contributed by atoms with Crippen molar-refractivity contribution in [3.8, 4) is 6.07 Å². The van der Waals surface area contributed by atoms with E-state index in [1.165, 1.54) is 6.92 Å². The summed E-state index contributed by atoms with van der Waals surface area (Å²) in [5.74, 6) is -0.451. The van der Waals surface area contributed by atoms with E-state index in [4.69, 9.17) is 10.5 Å². The van der Waals surface area contributed by atoms with Crippen LogP contribution >= 0.6 is 0 Å². The van der Waals surface area contributed by atoms with E-state index >= 15 is 0 Å². The van der Waals surface area contributed by atoms with Crippen LogP contribution in [0.25, 0.3) is 0 Å². The molecule has 0 unspecified atom stereocenters. The number of carbonyl (C=O) groups excluding carboxylic acids is 2. The van der Waals surface area contributed by atoms with Crippen molar-refractivity contribution in [2.24, 2.45) is 11.1 Å². The standard InChI is InChI=1S/C16H19N3O3/c1-11(20)12-2-3-13(9-17)14(8-12)19-10-16(15(18)21)4-6-22-7-5-16/h2-3,8,19H,4-7,10H2,1H3,(H2,18,21). The number of primary amides is 1. The zero-order valence-electron chi connectivity index (χ0n) is 12.5. The van der Waals surface area contributed by atoms with E-state index in [1.54, 1.807) is 18.2 Å². The molecule has 0 aromatic heterocycles. The number of Topliss-reactive ketones (excluding diaryl/α,β-unsaturated/α-hetero) is 1. The highest BCUT2D eigenvalue weighted by Crippen LogP contribution is 2.31. The van der Waals surface area contributed by atoms with Gasteiger partial charge in [0.05, 0.1) is 16.7 Å². The van der Waals surface area contributed by atoms with E-state index < -0.39 is 5.41 Å². The van der Waals surface area contributed by atoms with Crippen LogP contribution < -0.4 is 11.1 Å². The Bertz CT molecular complexity index is 628. The Morgan fingerprint density at radius 3 is 2.64 bits per heavy atom. The maximum absolute atomic E-state index is 11.8. The molecule has 1 aromatic rings. The molecule has 0 atom stereocenters. The lowest BCUT2D eigenvalue weighted by atomic mass is 9.79. The number of carbonyl (C=O) groups is 2. The minimum Gasteiger partial charge on any atom is -0.383 e. The average molecular weight is 301 g/mol.